The maximum Gasteiger partial charge on any atom is 0.244 e. The number of hydrogen-bond acceptors (Lipinski definition) is 3. The number of aliphatic hydroxyl groups is 2. The van der Waals surface area contributed by atoms with Crippen molar-refractivity contribution in [2.24, 2.45) is 0 Å². The molecule has 3 N–H and O–H groups in total. The van der Waals surface area contributed by atoms with Crippen molar-refractivity contribution >= 4 is 12.0 Å². The molecular formula is C12H15NO3. The molecule has 0 aromatic heterocycles. The predicted octanol–water partition coefficient (Wildman–Crippen LogP) is 0.169. The van der Waals surface area contributed by atoms with Crippen LogP contribution in [0.4, 0.5) is 0 Å². The molecule has 4 nitrogen and oxygen atoms in total. The number of benzene rings is 1. The maximum absolute atomic E-state index is 11.2. The topological polar surface area (TPSA) is 69.6 Å². The van der Waals surface area contributed by atoms with Gasteiger partial charge >= 0.3 is 0 Å². The van der Waals surface area contributed by atoms with Gasteiger partial charge in [-0.3, -0.25) is 4.79 Å². The van der Waals surface area contributed by atoms with Gasteiger partial charge in [-0.05, 0) is 11.6 Å². The van der Waals surface area contributed by atoms with Crippen LogP contribution < -0.4 is 5.32 Å². The summed E-state index contributed by atoms with van der Waals surface area (Å²) in [5.41, 5.74) is 0.931. The molecule has 1 rings (SSSR count). The number of amides is 1. The zero-order valence-electron chi connectivity index (χ0n) is 8.84. The molecular weight excluding hydrogens is 206 g/mol. The van der Waals surface area contributed by atoms with Gasteiger partial charge in [-0.1, -0.05) is 30.3 Å². The highest BCUT2D eigenvalue weighted by atomic mass is 16.3. The SMILES string of the molecule is O=C(/C=C/c1ccccc1)NCC(O)CO. The molecule has 1 aromatic rings. The largest absolute Gasteiger partial charge is 0.394 e. The molecule has 0 saturated carbocycles. The van der Waals surface area contributed by atoms with E-state index < -0.39 is 6.10 Å². The number of carbonyl (C=O) groups is 1. The monoisotopic (exact) mass is 221 g/mol. The predicted molar refractivity (Wildman–Crippen MR) is 61.6 cm³/mol. The Labute approximate surface area is 94.2 Å². The van der Waals surface area contributed by atoms with Crippen LogP contribution in [0.25, 0.3) is 6.08 Å². The van der Waals surface area contributed by atoms with E-state index in [1.54, 1.807) is 6.08 Å². The molecule has 86 valence electrons. The van der Waals surface area contributed by atoms with Crippen molar-refractivity contribution in [1.82, 2.24) is 5.32 Å². The molecule has 1 aromatic carbocycles. The van der Waals surface area contributed by atoms with Crippen LogP contribution in [0.5, 0.6) is 0 Å². The molecule has 16 heavy (non-hydrogen) atoms. The quantitative estimate of drug-likeness (QED) is 0.621. The van der Waals surface area contributed by atoms with Crippen LogP contribution in [0.3, 0.4) is 0 Å². The van der Waals surface area contributed by atoms with Crippen LogP contribution in [0.15, 0.2) is 36.4 Å². The zero-order valence-corrected chi connectivity index (χ0v) is 8.84. The lowest BCUT2D eigenvalue weighted by Gasteiger charge is -2.06. The molecule has 1 unspecified atom stereocenters. The Morgan fingerprint density at radius 3 is 2.69 bits per heavy atom. The molecule has 0 bridgehead atoms. The van der Waals surface area contributed by atoms with Crippen molar-refractivity contribution in [2.75, 3.05) is 13.2 Å². The molecule has 0 radical (unpaired) electrons. The lowest BCUT2D eigenvalue weighted by atomic mass is 10.2. The zero-order chi connectivity index (χ0) is 11.8. The third-order valence-electron chi connectivity index (χ3n) is 1.95. The third-order valence-corrected chi connectivity index (χ3v) is 1.95. The Balaban J connectivity index is 2.37. The number of nitrogens with one attached hydrogen (secondary N) is 1. The van der Waals surface area contributed by atoms with Gasteiger partial charge in [-0.25, -0.2) is 0 Å². The van der Waals surface area contributed by atoms with Crippen LogP contribution >= 0.6 is 0 Å². The third kappa shape index (κ3) is 4.72. The number of carbonyl (C=O) groups excluding carboxylic acids is 1. The summed E-state index contributed by atoms with van der Waals surface area (Å²) < 4.78 is 0. The van der Waals surface area contributed by atoms with E-state index in [0.717, 1.165) is 5.56 Å². The number of aliphatic hydroxyl groups excluding tert-OH is 2. The second kappa shape index (κ2) is 6.76. The molecule has 0 aliphatic rings. The van der Waals surface area contributed by atoms with Gasteiger partial charge in [0, 0.05) is 12.6 Å². The second-order valence-corrected chi connectivity index (χ2v) is 3.33. The first-order chi connectivity index (χ1) is 7.72. The highest BCUT2D eigenvalue weighted by molar-refractivity contribution is 5.91. The Hall–Kier alpha value is -1.65. The average molecular weight is 221 g/mol. The summed E-state index contributed by atoms with van der Waals surface area (Å²) in [6.45, 7) is -0.308. The van der Waals surface area contributed by atoms with Crippen LogP contribution in [0.1, 0.15) is 5.56 Å². The van der Waals surface area contributed by atoms with E-state index in [0.29, 0.717) is 0 Å². The minimum absolute atomic E-state index is 0.0501. The van der Waals surface area contributed by atoms with Crippen LogP contribution in [0, 0.1) is 0 Å². The molecule has 1 atom stereocenters. The van der Waals surface area contributed by atoms with Crippen molar-refractivity contribution < 1.29 is 15.0 Å². The summed E-state index contributed by atoms with van der Waals surface area (Å²) in [5.74, 6) is -0.295. The Bertz CT molecular complexity index is 349. The summed E-state index contributed by atoms with van der Waals surface area (Å²) in [6.07, 6.45) is 2.16. The first-order valence-corrected chi connectivity index (χ1v) is 5.02. The standard InChI is InChI=1S/C12H15NO3/c14-9-11(15)8-13-12(16)7-6-10-4-2-1-3-5-10/h1-7,11,14-15H,8-9H2,(H,13,16)/b7-6+. The van der Waals surface area contributed by atoms with Crippen molar-refractivity contribution in [3.8, 4) is 0 Å². The van der Waals surface area contributed by atoms with Crippen molar-refractivity contribution in [1.29, 1.82) is 0 Å². The fraction of sp³-hybridized carbons (Fsp3) is 0.250. The molecule has 0 spiro atoms. The van der Waals surface area contributed by atoms with Gasteiger partial charge in [0.25, 0.3) is 0 Å². The lowest BCUT2D eigenvalue weighted by Crippen LogP contribution is -2.32. The van der Waals surface area contributed by atoms with E-state index in [1.165, 1.54) is 6.08 Å². The van der Waals surface area contributed by atoms with Gasteiger partial charge < -0.3 is 15.5 Å². The van der Waals surface area contributed by atoms with E-state index >= 15 is 0 Å². The molecule has 0 heterocycles. The lowest BCUT2D eigenvalue weighted by molar-refractivity contribution is -0.117. The van der Waals surface area contributed by atoms with Crippen LogP contribution in [0.2, 0.25) is 0 Å². The van der Waals surface area contributed by atoms with E-state index in [9.17, 15) is 4.79 Å². The van der Waals surface area contributed by atoms with Gasteiger partial charge in [0.05, 0.1) is 12.7 Å². The summed E-state index contributed by atoms with van der Waals surface area (Å²) in [4.78, 5) is 11.2. The van der Waals surface area contributed by atoms with Gasteiger partial charge in [-0.15, -0.1) is 0 Å². The minimum atomic E-state index is -0.908. The molecule has 0 saturated heterocycles. The highest BCUT2D eigenvalue weighted by Gasteiger charge is 2.02. The maximum atomic E-state index is 11.2. The Morgan fingerprint density at radius 2 is 2.06 bits per heavy atom. The van der Waals surface area contributed by atoms with Gasteiger partial charge in [0.2, 0.25) is 5.91 Å². The van der Waals surface area contributed by atoms with E-state index in [4.69, 9.17) is 10.2 Å². The fourth-order valence-electron chi connectivity index (χ4n) is 1.08. The van der Waals surface area contributed by atoms with Crippen molar-refractivity contribution in [3.05, 3.63) is 42.0 Å². The summed E-state index contributed by atoms with van der Waals surface area (Å²) in [7, 11) is 0. The Morgan fingerprint density at radius 1 is 1.38 bits per heavy atom. The normalized spacial score (nSPS) is 12.6. The van der Waals surface area contributed by atoms with E-state index in [2.05, 4.69) is 5.32 Å². The van der Waals surface area contributed by atoms with Crippen LogP contribution in [-0.4, -0.2) is 35.4 Å². The summed E-state index contributed by atoms with van der Waals surface area (Å²) in [6, 6.07) is 9.42. The number of rotatable bonds is 5. The van der Waals surface area contributed by atoms with Crippen LogP contribution in [-0.2, 0) is 4.79 Å². The molecule has 0 aliphatic heterocycles. The van der Waals surface area contributed by atoms with E-state index in [1.807, 2.05) is 30.3 Å². The van der Waals surface area contributed by atoms with E-state index in [-0.39, 0.29) is 19.1 Å². The summed E-state index contributed by atoms with van der Waals surface area (Å²) in [5, 5.41) is 20.0. The highest BCUT2D eigenvalue weighted by Crippen LogP contribution is 2.00. The molecule has 0 aliphatic carbocycles. The van der Waals surface area contributed by atoms with Gasteiger partial charge in [0.1, 0.15) is 0 Å². The molecule has 0 fully saturated rings. The molecule has 1 amide bonds. The first-order valence-electron chi connectivity index (χ1n) is 5.02. The Kier molecular flexibility index (Phi) is 5.25. The smallest absolute Gasteiger partial charge is 0.244 e. The van der Waals surface area contributed by atoms with Gasteiger partial charge in [-0.2, -0.15) is 0 Å². The van der Waals surface area contributed by atoms with Crippen molar-refractivity contribution in [3.63, 3.8) is 0 Å². The summed E-state index contributed by atoms with van der Waals surface area (Å²) >= 11 is 0. The average Bonchev–Trinajstić information content (AvgIpc) is 2.34. The number of hydrogen-bond donors (Lipinski definition) is 3. The minimum Gasteiger partial charge on any atom is -0.394 e. The fourth-order valence-corrected chi connectivity index (χ4v) is 1.08. The van der Waals surface area contributed by atoms with Crippen molar-refractivity contribution in [2.45, 2.75) is 6.10 Å². The second-order valence-electron chi connectivity index (χ2n) is 3.33. The first kappa shape index (κ1) is 12.4. The van der Waals surface area contributed by atoms with Gasteiger partial charge in [0.15, 0.2) is 0 Å². The molecule has 4 heteroatoms.